The van der Waals surface area contributed by atoms with E-state index < -0.39 is 12.0 Å². The quantitative estimate of drug-likeness (QED) is 0.783. The minimum absolute atomic E-state index is 0.00291. The Labute approximate surface area is 171 Å². The number of likely N-dealkylation sites (tertiary alicyclic amines) is 2. The molecule has 8 heteroatoms. The molecular weight excluding hydrogens is 372 g/mol. The van der Waals surface area contributed by atoms with Crippen LogP contribution in [0.5, 0.6) is 0 Å². The highest BCUT2D eigenvalue weighted by Crippen LogP contribution is 2.44. The Morgan fingerprint density at radius 3 is 2.66 bits per heavy atom. The number of carbonyl (C=O) groups is 2. The summed E-state index contributed by atoms with van der Waals surface area (Å²) in [6, 6.07) is 3.19. The Bertz CT molecular complexity index is 757. The summed E-state index contributed by atoms with van der Waals surface area (Å²) < 4.78 is 5.36. The first-order valence-electron chi connectivity index (χ1n) is 10.5. The van der Waals surface area contributed by atoms with Crippen LogP contribution in [0, 0.1) is 11.3 Å². The molecule has 3 fully saturated rings. The average molecular weight is 402 g/mol. The smallest absolute Gasteiger partial charge is 0.326 e. The number of carboxylic acid groups (broad SMARTS) is 1. The van der Waals surface area contributed by atoms with Crippen molar-refractivity contribution in [2.45, 2.75) is 44.7 Å². The van der Waals surface area contributed by atoms with Gasteiger partial charge in [0.15, 0.2) is 0 Å². The van der Waals surface area contributed by atoms with Crippen LogP contribution < -0.4 is 5.73 Å². The van der Waals surface area contributed by atoms with Crippen LogP contribution in [0.15, 0.2) is 18.3 Å². The lowest BCUT2D eigenvalue weighted by atomic mass is 9.76. The first-order chi connectivity index (χ1) is 14.0. The van der Waals surface area contributed by atoms with Crippen LogP contribution in [0.25, 0.3) is 0 Å². The third-order valence-electron chi connectivity index (χ3n) is 6.88. The molecule has 0 aliphatic carbocycles. The molecular formula is C21H30N4O4. The van der Waals surface area contributed by atoms with Gasteiger partial charge in [-0.2, -0.15) is 0 Å². The zero-order valence-electron chi connectivity index (χ0n) is 16.8. The Morgan fingerprint density at radius 2 is 2.00 bits per heavy atom. The summed E-state index contributed by atoms with van der Waals surface area (Å²) in [6.07, 6.45) is 5.42. The molecule has 4 rings (SSSR count). The zero-order valence-corrected chi connectivity index (χ0v) is 16.8. The molecule has 1 atom stereocenters. The van der Waals surface area contributed by atoms with Gasteiger partial charge in [-0.15, -0.1) is 0 Å². The van der Waals surface area contributed by atoms with E-state index in [-0.39, 0.29) is 17.2 Å². The third-order valence-corrected chi connectivity index (χ3v) is 6.88. The zero-order chi connectivity index (χ0) is 20.4. The van der Waals surface area contributed by atoms with Gasteiger partial charge >= 0.3 is 5.97 Å². The monoisotopic (exact) mass is 402 g/mol. The maximum Gasteiger partial charge on any atom is 0.326 e. The van der Waals surface area contributed by atoms with E-state index >= 15 is 0 Å². The minimum atomic E-state index is -0.882. The molecule has 29 heavy (non-hydrogen) atoms. The van der Waals surface area contributed by atoms with Crippen molar-refractivity contribution in [3.63, 3.8) is 0 Å². The fourth-order valence-electron chi connectivity index (χ4n) is 5.06. The maximum absolute atomic E-state index is 13.1. The molecule has 3 saturated heterocycles. The number of rotatable bonds is 4. The second-order valence-electron chi connectivity index (χ2n) is 8.73. The predicted molar refractivity (Wildman–Crippen MR) is 107 cm³/mol. The molecule has 1 aromatic rings. The highest BCUT2D eigenvalue weighted by molar-refractivity contribution is 5.86. The molecule has 1 unspecified atom stereocenters. The molecule has 3 N–H and O–H groups in total. The Morgan fingerprint density at radius 1 is 1.28 bits per heavy atom. The van der Waals surface area contributed by atoms with Crippen LogP contribution in [0.4, 0.5) is 5.82 Å². The fraction of sp³-hybridized carbons (Fsp3) is 0.667. The van der Waals surface area contributed by atoms with Crippen molar-refractivity contribution in [1.82, 2.24) is 14.8 Å². The molecule has 3 aliphatic heterocycles. The molecule has 8 nitrogen and oxygen atoms in total. The number of aliphatic carboxylic acids is 1. The third kappa shape index (κ3) is 4.23. The molecule has 0 aromatic carbocycles. The topological polar surface area (TPSA) is 109 Å². The minimum Gasteiger partial charge on any atom is -0.480 e. The molecule has 0 radical (unpaired) electrons. The van der Waals surface area contributed by atoms with E-state index in [1.807, 2.05) is 12.1 Å². The maximum atomic E-state index is 13.1. The van der Waals surface area contributed by atoms with Gasteiger partial charge in [-0.3, -0.25) is 9.69 Å². The number of piperidine rings is 1. The number of hydrogen-bond donors (Lipinski definition) is 2. The van der Waals surface area contributed by atoms with E-state index in [4.69, 9.17) is 10.5 Å². The number of aromatic nitrogens is 1. The summed E-state index contributed by atoms with van der Waals surface area (Å²) in [5, 5.41) is 9.77. The van der Waals surface area contributed by atoms with Crippen LogP contribution in [0.3, 0.4) is 0 Å². The van der Waals surface area contributed by atoms with Gasteiger partial charge in [0.2, 0.25) is 5.91 Å². The second kappa shape index (κ2) is 8.28. The van der Waals surface area contributed by atoms with Crippen molar-refractivity contribution in [3.05, 3.63) is 23.9 Å². The van der Waals surface area contributed by atoms with Crippen LogP contribution >= 0.6 is 0 Å². The summed E-state index contributed by atoms with van der Waals surface area (Å²) in [4.78, 5) is 33.1. The van der Waals surface area contributed by atoms with Gasteiger partial charge in [-0.1, -0.05) is 6.07 Å². The first-order valence-corrected chi connectivity index (χ1v) is 10.5. The first kappa shape index (κ1) is 20.1. The fourth-order valence-corrected chi connectivity index (χ4v) is 5.06. The summed E-state index contributed by atoms with van der Waals surface area (Å²) in [6.45, 7) is 4.23. The number of anilines is 1. The summed E-state index contributed by atoms with van der Waals surface area (Å²) in [5.74, 6) is -0.418. The van der Waals surface area contributed by atoms with Crippen LogP contribution in [-0.2, 0) is 20.9 Å². The molecule has 0 bridgehead atoms. The Balaban J connectivity index is 1.40. The summed E-state index contributed by atoms with van der Waals surface area (Å²) in [7, 11) is 0. The molecule has 4 heterocycles. The number of pyridine rings is 1. The van der Waals surface area contributed by atoms with E-state index in [9.17, 15) is 14.7 Å². The number of hydrogen-bond acceptors (Lipinski definition) is 6. The lowest BCUT2D eigenvalue weighted by Crippen LogP contribution is -2.45. The van der Waals surface area contributed by atoms with Gasteiger partial charge in [0.1, 0.15) is 11.9 Å². The number of carboxylic acids is 1. The standard InChI is InChI=1S/C21H30N4O4/c22-18-16(2-1-7-23-18)13-24-8-5-21(6-9-24)12-17(20(27)28)25(14-21)19(26)15-3-10-29-11-4-15/h1-2,7,15,17H,3-6,8-14H2,(H2,22,23)(H,27,28). The van der Waals surface area contributed by atoms with Crippen molar-refractivity contribution in [2.75, 3.05) is 38.6 Å². The van der Waals surface area contributed by atoms with Crippen molar-refractivity contribution < 1.29 is 19.4 Å². The van der Waals surface area contributed by atoms with Gasteiger partial charge in [0.25, 0.3) is 0 Å². The van der Waals surface area contributed by atoms with Crippen molar-refractivity contribution >= 4 is 17.7 Å². The van der Waals surface area contributed by atoms with E-state index in [1.165, 1.54) is 0 Å². The SMILES string of the molecule is Nc1ncccc1CN1CCC2(CC1)CC(C(=O)O)N(C(=O)C1CCOCC1)C2. The molecule has 158 valence electrons. The van der Waals surface area contributed by atoms with Gasteiger partial charge in [0.05, 0.1) is 0 Å². The highest BCUT2D eigenvalue weighted by atomic mass is 16.5. The highest BCUT2D eigenvalue weighted by Gasteiger charge is 2.50. The molecule has 3 aliphatic rings. The normalized spacial score (nSPS) is 25.4. The van der Waals surface area contributed by atoms with Crippen molar-refractivity contribution in [1.29, 1.82) is 0 Å². The van der Waals surface area contributed by atoms with Gasteiger partial charge in [0, 0.05) is 44.0 Å². The van der Waals surface area contributed by atoms with Crippen LogP contribution in [0.2, 0.25) is 0 Å². The Hall–Kier alpha value is -2.19. The van der Waals surface area contributed by atoms with Gasteiger partial charge in [-0.05, 0) is 56.7 Å². The van der Waals surface area contributed by atoms with Gasteiger partial charge in [-0.25, -0.2) is 9.78 Å². The van der Waals surface area contributed by atoms with E-state index in [0.29, 0.717) is 44.8 Å². The summed E-state index contributed by atoms with van der Waals surface area (Å²) in [5.41, 5.74) is 6.90. The summed E-state index contributed by atoms with van der Waals surface area (Å²) >= 11 is 0. The number of amides is 1. The molecule has 1 aromatic heterocycles. The van der Waals surface area contributed by atoms with Crippen LogP contribution in [-0.4, -0.2) is 70.7 Å². The lowest BCUT2D eigenvalue weighted by molar-refractivity contribution is -0.151. The number of nitrogen functional groups attached to an aromatic ring is 1. The van der Waals surface area contributed by atoms with Gasteiger partial charge < -0.3 is 20.5 Å². The number of nitrogens with zero attached hydrogens (tertiary/aromatic N) is 3. The predicted octanol–water partition coefficient (Wildman–Crippen LogP) is 1.36. The van der Waals surface area contributed by atoms with Crippen molar-refractivity contribution in [3.8, 4) is 0 Å². The van der Waals surface area contributed by atoms with E-state index in [2.05, 4.69) is 9.88 Å². The molecule has 1 spiro atoms. The number of ether oxygens (including phenoxy) is 1. The number of nitrogens with two attached hydrogens (primary N) is 1. The van der Waals surface area contributed by atoms with E-state index in [0.717, 1.165) is 38.0 Å². The second-order valence-corrected chi connectivity index (χ2v) is 8.73. The largest absolute Gasteiger partial charge is 0.480 e. The average Bonchev–Trinajstić information content (AvgIpc) is 3.11. The molecule has 1 amide bonds. The lowest BCUT2D eigenvalue weighted by Gasteiger charge is -2.39. The molecule has 0 saturated carbocycles. The van der Waals surface area contributed by atoms with E-state index in [1.54, 1.807) is 11.1 Å². The number of carbonyl (C=O) groups excluding carboxylic acids is 1. The van der Waals surface area contributed by atoms with Crippen molar-refractivity contribution in [2.24, 2.45) is 11.3 Å². The van der Waals surface area contributed by atoms with Crippen LogP contribution in [0.1, 0.15) is 37.7 Å². The Kier molecular flexibility index (Phi) is 5.74.